The molecule has 0 aromatic heterocycles. The van der Waals surface area contributed by atoms with Gasteiger partial charge in [-0.3, -0.25) is 10.1 Å². The van der Waals surface area contributed by atoms with Gasteiger partial charge in [-0.15, -0.1) is 0 Å². The molecule has 30 heavy (non-hydrogen) atoms. The second-order valence-electron chi connectivity index (χ2n) is 7.47. The molecular formula is C21H28ClN2O6-. The summed E-state index contributed by atoms with van der Waals surface area (Å²) in [6, 6.07) is 12.0. The summed E-state index contributed by atoms with van der Waals surface area (Å²) in [5.41, 5.74) is 1.04. The smallest absolute Gasteiger partial charge is 0.311 e. The number of hydrogen-bond donors (Lipinski definition) is 3. The van der Waals surface area contributed by atoms with Gasteiger partial charge in [0.1, 0.15) is 18.5 Å². The number of halogens is 1. The molecule has 0 saturated carbocycles. The Hall–Kier alpha value is -2.39. The molecule has 2 aromatic carbocycles. The fraction of sp³-hybridized carbons (Fsp3) is 0.429. The highest BCUT2D eigenvalue weighted by Crippen LogP contribution is 2.28. The third kappa shape index (κ3) is 7.79. The van der Waals surface area contributed by atoms with Crippen molar-refractivity contribution in [2.75, 3.05) is 20.3 Å². The number of benzene rings is 2. The van der Waals surface area contributed by atoms with Crippen molar-refractivity contribution < 1.29 is 37.0 Å². The molecule has 0 spiro atoms. The number of aliphatic hydroxyl groups excluding tert-OH is 2. The summed E-state index contributed by atoms with van der Waals surface area (Å²) in [7, 11) is 1.62. The number of nitrogens with zero attached hydrogens (tertiary/aromatic N) is 1. The zero-order valence-electron chi connectivity index (χ0n) is 17.3. The molecule has 0 amide bonds. The standard InChI is InChI=1S/C21H28N2O6.ClH/c1-21(2,11-15-4-7-18(28-3)8-5-15)22-12-17(25)14-29-20-9-6-16(13-24)10-19(20)23(26)27;/h4-10,17,22,24-25H,11-14H2,1-3H3;1H/p-1. The van der Waals surface area contributed by atoms with Crippen LogP contribution in [0.1, 0.15) is 25.0 Å². The summed E-state index contributed by atoms with van der Waals surface area (Å²) >= 11 is 0. The molecule has 2 aromatic rings. The van der Waals surface area contributed by atoms with Crippen molar-refractivity contribution in [3.8, 4) is 11.5 Å². The molecule has 0 aliphatic rings. The lowest BCUT2D eigenvalue weighted by molar-refractivity contribution is -0.386. The Kier molecular flexibility index (Phi) is 10.0. The van der Waals surface area contributed by atoms with Crippen molar-refractivity contribution in [3.05, 3.63) is 63.7 Å². The summed E-state index contributed by atoms with van der Waals surface area (Å²) in [4.78, 5) is 10.6. The molecule has 0 heterocycles. The van der Waals surface area contributed by atoms with Crippen LogP contribution in [0.4, 0.5) is 5.69 Å². The molecular weight excluding hydrogens is 412 g/mol. The first-order chi connectivity index (χ1) is 13.7. The summed E-state index contributed by atoms with van der Waals surface area (Å²) in [6.07, 6.45) is -0.0964. The van der Waals surface area contributed by atoms with Crippen molar-refractivity contribution in [1.82, 2.24) is 5.32 Å². The van der Waals surface area contributed by atoms with Crippen molar-refractivity contribution in [2.45, 2.75) is 38.5 Å². The summed E-state index contributed by atoms with van der Waals surface area (Å²) < 4.78 is 10.6. The Labute approximate surface area is 182 Å². The van der Waals surface area contributed by atoms with Gasteiger partial charge in [-0.2, -0.15) is 0 Å². The van der Waals surface area contributed by atoms with Crippen LogP contribution in [0.5, 0.6) is 11.5 Å². The number of β-amino-alcohol motifs (C(OH)–C–C–N with tert-alkyl or cyclic N) is 1. The monoisotopic (exact) mass is 439 g/mol. The van der Waals surface area contributed by atoms with E-state index in [0.717, 1.165) is 17.7 Å². The van der Waals surface area contributed by atoms with Gasteiger partial charge in [-0.1, -0.05) is 18.2 Å². The number of aliphatic hydroxyl groups is 2. The van der Waals surface area contributed by atoms with E-state index >= 15 is 0 Å². The first-order valence-electron chi connectivity index (χ1n) is 9.31. The van der Waals surface area contributed by atoms with E-state index in [2.05, 4.69) is 5.32 Å². The van der Waals surface area contributed by atoms with Gasteiger partial charge >= 0.3 is 5.69 Å². The number of nitrogens with one attached hydrogen (secondary N) is 1. The van der Waals surface area contributed by atoms with Crippen molar-refractivity contribution in [1.29, 1.82) is 0 Å². The number of rotatable bonds is 11. The van der Waals surface area contributed by atoms with E-state index in [1.54, 1.807) is 13.2 Å². The average Bonchev–Trinajstić information content (AvgIpc) is 2.71. The van der Waals surface area contributed by atoms with E-state index in [9.17, 15) is 15.2 Å². The van der Waals surface area contributed by atoms with Gasteiger partial charge in [-0.05, 0) is 49.6 Å². The fourth-order valence-corrected chi connectivity index (χ4v) is 2.88. The largest absolute Gasteiger partial charge is 1.00 e. The Morgan fingerprint density at radius 2 is 1.80 bits per heavy atom. The number of ether oxygens (including phenoxy) is 2. The van der Waals surface area contributed by atoms with Gasteiger partial charge < -0.3 is 37.4 Å². The van der Waals surface area contributed by atoms with Gasteiger partial charge in [-0.25, -0.2) is 0 Å². The van der Waals surface area contributed by atoms with Crippen LogP contribution in [0.2, 0.25) is 0 Å². The van der Waals surface area contributed by atoms with E-state index in [0.29, 0.717) is 5.56 Å². The van der Waals surface area contributed by atoms with Gasteiger partial charge in [0, 0.05) is 18.2 Å². The van der Waals surface area contributed by atoms with Crippen LogP contribution in [0.15, 0.2) is 42.5 Å². The molecule has 0 aliphatic heterocycles. The zero-order chi connectivity index (χ0) is 21.4. The molecule has 8 nitrogen and oxygen atoms in total. The molecule has 1 unspecified atom stereocenters. The van der Waals surface area contributed by atoms with Crippen LogP contribution in [-0.2, 0) is 13.0 Å². The highest BCUT2D eigenvalue weighted by Gasteiger charge is 2.21. The van der Waals surface area contributed by atoms with E-state index in [4.69, 9.17) is 14.6 Å². The van der Waals surface area contributed by atoms with Crippen LogP contribution in [0.3, 0.4) is 0 Å². The second kappa shape index (κ2) is 11.7. The summed E-state index contributed by atoms with van der Waals surface area (Å²) in [5, 5.41) is 33.8. The number of nitro groups is 1. The molecule has 166 valence electrons. The minimum Gasteiger partial charge on any atom is -1.00 e. The lowest BCUT2D eigenvalue weighted by Crippen LogP contribution is -3.00. The summed E-state index contributed by atoms with van der Waals surface area (Å²) in [6.45, 7) is 3.94. The molecule has 2 rings (SSSR count). The maximum atomic E-state index is 11.2. The lowest BCUT2D eigenvalue weighted by atomic mass is 9.94. The first-order valence-corrected chi connectivity index (χ1v) is 9.31. The minimum atomic E-state index is -0.845. The second-order valence-corrected chi connectivity index (χ2v) is 7.47. The van der Waals surface area contributed by atoms with Gasteiger partial charge in [0.25, 0.3) is 0 Å². The SMILES string of the molecule is COc1ccc(CC(C)(C)NCC(O)COc2ccc(CO)cc2[N+](=O)[O-])cc1.[Cl-]. The van der Waals surface area contributed by atoms with Crippen LogP contribution in [0, 0.1) is 10.1 Å². The Morgan fingerprint density at radius 1 is 1.17 bits per heavy atom. The van der Waals surface area contributed by atoms with Crippen molar-refractivity contribution in [3.63, 3.8) is 0 Å². The molecule has 1 atom stereocenters. The number of hydrogen-bond acceptors (Lipinski definition) is 7. The fourth-order valence-electron chi connectivity index (χ4n) is 2.88. The number of nitro benzene ring substituents is 1. The van der Waals surface area contributed by atoms with Crippen molar-refractivity contribution >= 4 is 5.69 Å². The Balaban J connectivity index is 0.00000450. The first kappa shape index (κ1) is 25.6. The van der Waals surface area contributed by atoms with E-state index in [-0.39, 0.29) is 49.1 Å². The average molecular weight is 440 g/mol. The topological polar surface area (TPSA) is 114 Å². The van der Waals surface area contributed by atoms with Crippen molar-refractivity contribution in [2.24, 2.45) is 0 Å². The van der Waals surface area contributed by atoms with Gasteiger partial charge in [0.05, 0.1) is 18.6 Å². The number of methoxy groups -OCH3 is 1. The van der Waals surface area contributed by atoms with Crippen LogP contribution < -0.4 is 27.2 Å². The van der Waals surface area contributed by atoms with Gasteiger partial charge in [0.2, 0.25) is 0 Å². The van der Waals surface area contributed by atoms with E-state index in [1.165, 1.54) is 12.1 Å². The maximum Gasteiger partial charge on any atom is 0.311 e. The molecule has 0 radical (unpaired) electrons. The lowest BCUT2D eigenvalue weighted by Gasteiger charge is -2.28. The molecule has 0 bridgehead atoms. The van der Waals surface area contributed by atoms with Crippen LogP contribution in [0.25, 0.3) is 0 Å². The van der Waals surface area contributed by atoms with E-state index < -0.39 is 11.0 Å². The predicted molar refractivity (Wildman–Crippen MR) is 109 cm³/mol. The quantitative estimate of drug-likeness (QED) is 0.318. The molecule has 0 saturated heterocycles. The minimum absolute atomic E-state index is 0. The normalized spacial score (nSPS) is 12.0. The third-order valence-corrected chi connectivity index (χ3v) is 4.46. The summed E-state index contributed by atoms with van der Waals surface area (Å²) in [5.74, 6) is 0.858. The highest BCUT2D eigenvalue weighted by molar-refractivity contribution is 5.48. The Bertz CT molecular complexity index is 814. The molecule has 0 aliphatic carbocycles. The predicted octanol–water partition coefficient (Wildman–Crippen LogP) is -0.550. The van der Waals surface area contributed by atoms with E-state index in [1.807, 2.05) is 38.1 Å². The molecule has 3 N–H and O–H groups in total. The third-order valence-electron chi connectivity index (χ3n) is 4.46. The highest BCUT2D eigenvalue weighted by atomic mass is 35.5. The molecule has 0 fully saturated rings. The zero-order valence-corrected chi connectivity index (χ0v) is 18.1. The van der Waals surface area contributed by atoms with Crippen LogP contribution in [-0.4, -0.2) is 47.0 Å². The Morgan fingerprint density at radius 3 is 2.37 bits per heavy atom. The maximum absolute atomic E-state index is 11.2. The van der Waals surface area contributed by atoms with Gasteiger partial charge in [0.15, 0.2) is 5.75 Å². The molecule has 9 heteroatoms. The van der Waals surface area contributed by atoms with Crippen LogP contribution >= 0.6 is 0 Å².